The van der Waals surface area contributed by atoms with Gasteiger partial charge in [0.05, 0.1) is 6.61 Å². The van der Waals surface area contributed by atoms with Crippen LogP contribution in [0, 0.1) is 5.89 Å². The Balaban J connectivity index is 2.23. The van der Waals surface area contributed by atoms with E-state index in [1.807, 2.05) is 38.1 Å². The molecule has 1 saturated carbocycles. The molecule has 0 saturated heterocycles. The molecule has 0 bridgehead atoms. The van der Waals surface area contributed by atoms with Crippen molar-refractivity contribution < 1.29 is 10.2 Å². The minimum Gasteiger partial charge on any atom is -0.494 e. The van der Waals surface area contributed by atoms with E-state index in [4.69, 9.17) is 10.2 Å². The van der Waals surface area contributed by atoms with E-state index in [-0.39, 0.29) is 6.42 Å². The molecule has 1 aromatic carbocycles. The molecule has 0 N–H and O–H groups in total. The smallest absolute Gasteiger partial charge is 0.119 e. The Kier molecular flexibility index (Phi) is 3.41. The summed E-state index contributed by atoms with van der Waals surface area (Å²) in [6, 6.07) is 7.42. The van der Waals surface area contributed by atoms with Crippen LogP contribution in [-0.4, -0.2) is 6.61 Å². The molecule has 1 nitrogen and oxygen atoms in total. The highest BCUT2D eigenvalue weighted by molar-refractivity contribution is 5.29. The van der Waals surface area contributed by atoms with E-state index in [1.165, 1.54) is 0 Å². The molecule has 0 amide bonds. The highest BCUT2D eigenvalue weighted by Crippen LogP contribution is 2.37. The van der Waals surface area contributed by atoms with Crippen molar-refractivity contribution in [1.82, 2.24) is 0 Å². The first-order valence-electron chi connectivity index (χ1n) is 9.04. The molecule has 1 fully saturated rings. The molecule has 1 aliphatic carbocycles. The summed E-state index contributed by atoms with van der Waals surface area (Å²) in [4.78, 5) is 0. The molecule has 18 heavy (non-hydrogen) atoms. The lowest BCUT2D eigenvalue weighted by molar-refractivity contribution is 0.308. The van der Waals surface area contributed by atoms with Gasteiger partial charge >= 0.3 is 0 Å². The lowest BCUT2D eigenvalue weighted by Gasteiger charge is -2.28. The summed E-state index contributed by atoms with van der Waals surface area (Å²) in [5.41, 5.74) is 0.840. The van der Waals surface area contributed by atoms with Crippen LogP contribution in [0.4, 0.5) is 0 Å². The fourth-order valence-corrected chi connectivity index (χ4v) is 2.43. The van der Waals surface area contributed by atoms with Crippen molar-refractivity contribution in [3.63, 3.8) is 0 Å². The number of benzene rings is 1. The van der Waals surface area contributed by atoms with Gasteiger partial charge in [-0.1, -0.05) is 31.9 Å². The summed E-state index contributed by atoms with van der Waals surface area (Å²) < 4.78 is 39.1. The highest BCUT2D eigenvalue weighted by atomic mass is 16.5. The van der Waals surface area contributed by atoms with Gasteiger partial charge in [-0.3, -0.25) is 0 Å². The average molecular weight is 250 g/mol. The van der Waals surface area contributed by atoms with Crippen molar-refractivity contribution in [1.29, 1.82) is 0 Å². The largest absolute Gasteiger partial charge is 0.494 e. The fourth-order valence-electron chi connectivity index (χ4n) is 2.43. The molecule has 1 aromatic rings. The van der Waals surface area contributed by atoms with Gasteiger partial charge in [0.1, 0.15) is 5.75 Å². The zero-order valence-electron chi connectivity index (χ0n) is 15.4. The van der Waals surface area contributed by atoms with Crippen LogP contribution >= 0.6 is 0 Å². The Morgan fingerprint density at radius 2 is 2.06 bits per heavy atom. The number of ether oxygens (including phenoxy) is 1. The zero-order valence-corrected chi connectivity index (χ0v) is 11.4. The van der Waals surface area contributed by atoms with E-state index in [2.05, 4.69) is 0 Å². The zero-order chi connectivity index (χ0) is 16.4. The molecule has 1 unspecified atom stereocenters. The van der Waals surface area contributed by atoms with Crippen LogP contribution < -0.4 is 4.74 Å². The third-order valence-corrected chi connectivity index (χ3v) is 3.37. The predicted octanol–water partition coefficient (Wildman–Crippen LogP) is 5.16. The molecule has 0 aromatic heterocycles. The SMILES string of the molecule is [2H]C1C[C@]([2H])(CCC)CC([2H])([2H])[C@H]1c1ccc(OCC)cc1. The second-order valence-electron chi connectivity index (χ2n) is 4.80. The maximum Gasteiger partial charge on any atom is 0.119 e. The molecule has 0 radical (unpaired) electrons. The summed E-state index contributed by atoms with van der Waals surface area (Å²) >= 11 is 0. The van der Waals surface area contributed by atoms with E-state index in [1.54, 1.807) is 0 Å². The third kappa shape index (κ3) is 3.51. The molecular formula is C17H26O. The van der Waals surface area contributed by atoms with Gasteiger partial charge in [0.25, 0.3) is 0 Å². The molecule has 0 aliphatic heterocycles. The van der Waals surface area contributed by atoms with E-state index in [9.17, 15) is 0 Å². The molecule has 3 atom stereocenters. The van der Waals surface area contributed by atoms with Crippen LogP contribution in [0.25, 0.3) is 0 Å². The van der Waals surface area contributed by atoms with Crippen molar-refractivity contribution in [2.75, 3.05) is 6.61 Å². The summed E-state index contributed by atoms with van der Waals surface area (Å²) in [5, 5.41) is 0. The minimum absolute atomic E-state index is 0.209. The van der Waals surface area contributed by atoms with Crippen LogP contribution in [0.2, 0.25) is 0 Å². The summed E-state index contributed by atoms with van der Waals surface area (Å²) in [6.45, 7) is 4.54. The Bertz CT molecular complexity index is 488. The lowest BCUT2D eigenvalue weighted by atomic mass is 9.77. The normalized spacial score (nSPS) is 38.1. The molecule has 2 rings (SSSR count). The van der Waals surface area contributed by atoms with Gasteiger partial charge in [0, 0.05) is 5.48 Å². The number of hydrogen-bond acceptors (Lipinski definition) is 1. The Morgan fingerprint density at radius 1 is 1.28 bits per heavy atom. The van der Waals surface area contributed by atoms with Crippen molar-refractivity contribution in [3.8, 4) is 5.75 Å². The van der Waals surface area contributed by atoms with Crippen LogP contribution in [0.15, 0.2) is 24.3 Å². The third-order valence-electron chi connectivity index (χ3n) is 3.37. The van der Waals surface area contributed by atoms with E-state index >= 15 is 0 Å². The summed E-state index contributed by atoms with van der Waals surface area (Å²) in [7, 11) is 0. The molecular weight excluding hydrogens is 220 g/mol. The first kappa shape index (κ1) is 9.01. The van der Waals surface area contributed by atoms with E-state index < -0.39 is 24.6 Å². The second-order valence-corrected chi connectivity index (χ2v) is 4.80. The van der Waals surface area contributed by atoms with Crippen LogP contribution in [0.5, 0.6) is 5.75 Å². The maximum atomic E-state index is 8.47. The first-order chi connectivity index (χ1) is 10.3. The Morgan fingerprint density at radius 3 is 2.67 bits per heavy atom. The van der Waals surface area contributed by atoms with Gasteiger partial charge < -0.3 is 4.74 Å². The van der Waals surface area contributed by atoms with Crippen molar-refractivity contribution in [2.45, 2.75) is 58.2 Å². The van der Waals surface area contributed by atoms with Gasteiger partial charge in [-0.25, -0.2) is 0 Å². The predicted molar refractivity (Wildman–Crippen MR) is 77.2 cm³/mol. The number of hydrogen-bond donors (Lipinski definition) is 0. The average Bonchev–Trinajstić information content (AvgIpc) is 2.38. The molecule has 0 heterocycles. The van der Waals surface area contributed by atoms with Crippen molar-refractivity contribution in [3.05, 3.63) is 29.8 Å². The fraction of sp³-hybridized carbons (Fsp3) is 0.647. The molecule has 1 aliphatic rings. The quantitative estimate of drug-likeness (QED) is 0.701. The minimum atomic E-state index is -1.52. The highest BCUT2D eigenvalue weighted by Gasteiger charge is 2.21. The van der Waals surface area contributed by atoms with Gasteiger partial charge in [0.15, 0.2) is 0 Å². The lowest BCUT2D eigenvalue weighted by Crippen LogP contribution is -2.13. The van der Waals surface area contributed by atoms with E-state index in [0.717, 1.165) is 17.7 Å². The molecule has 100 valence electrons. The van der Waals surface area contributed by atoms with Gasteiger partial charge in [-0.05, 0) is 62.0 Å². The van der Waals surface area contributed by atoms with Gasteiger partial charge in [0.2, 0.25) is 0 Å². The molecule has 1 heteroatoms. The monoisotopic (exact) mass is 250 g/mol. The second kappa shape index (κ2) is 6.82. The van der Waals surface area contributed by atoms with Gasteiger partial charge in [-0.2, -0.15) is 0 Å². The topological polar surface area (TPSA) is 9.23 Å². The van der Waals surface area contributed by atoms with Crippen LogP contribution in [0.1, 0.15) is 69.3 Å². The van der Waals surface area contributed by atoms with Crippen LogP contribution in [-0.2, 0) is 0 Å². The first-order valence-corrected chi connectivity index (χ1v) is 6.96. The van der Waals surface area contributed by atoms with Gasteiger partial charge in [-0.15, -0.1) is 0 Å². The molecule has 0 spiro atoms. The maximum absolute atomic E-state index is 8.47. The van der Waals surface area contributed by atoms with Crippen LogP contribution in [0.3, 0.4) is 0 Å². The number of rotatable bonds is 5. The standard InChI is InChI=1S/C17H26O/c1-3-5-14-6-8-15(9-7-14)16-10-12-17(13-11-16)18-4-2/h10-15H,3-9H2,1-2H3/t14-,15-/i8D,9D2,14D/t8?,14-,15-/m0/s1. The van der Waals surface area contributed by atoms with E-state index in [0.29, 0.717) is 19.4 Å². The summed E-state index contributed by atoms with van der Waals surface area (Å²) in [6.07, 6.45) is 0.0807. The summed E-state index contributed by atoms with van der Waals surface area (Å²) in [5.74, 6) is -0.504. The Hall–Kier alpha value is -0.980. The van der Waals surface area contributed by atoms with Crippen molar-refractivity contribution in [2.24, 2.45) is 5.89 Å². The Labute approximate surface area is 117 Å². The van der Waals surface area contributed by atoms with Crippen molar-refractivity contribution >= 4 is 0 Å².